The summed E-state index contributed by atoms with van der Waals surface area (Å²) in [5, 5.41) is 3.72. The smallest absolute Gasteiger partial charge is 0.302 e. The lowest BCUT2D eigenvalue weighted by Crippen LogP contribution is -2.40. The van der Waals surface area contributed by atoms with E-state index in [0.717, 1.165) is 36.8 Å². The summed E-state index contributed by atoms with van der Waals surface area (Å²) >= 11 is 0. The van der Waals surface area contributed by atoms with Crippen LogP contribution in [0.5, 0.6) is 0 Å². The number of rotatable bonds is 9. The summed E-state index contributed by atoms with van der Waals surface area (Å²) in [6.45, 7) is 2.78. The van der Waals surface area contributed by atoms with E-state index in [2.05, 4.69) is 19.9 Å². The third kappa shape index (κ3) is 6.76. The molecule has 1 spiro atoms. The molecule has 1 aromatic carbocycles. The van der Waals surface area contributed by atoms with Crippen molar-refractivity contribution in [3.63, 3.8) is 0 Å². The zero-order valence-corrected chi connectivity index (χ0v) is 26.3. The topological polar surface area (TPSA) is 126 Å². The number of hydrogen-bond acceptors (Lipinski definition) is 8. The van der Waals surface area contributed by atoms with Crippen LogP contribution in [0.1, 0.15) is 55.9 Å². The lowest BCUT2D eigenvalue weighted by atomic mass is 9.93. The lowest BCUT2D eigenvalue weighted by Gasteiger charge is -2.35. The van der Waals surface area contributed by atoms with Gasteiger partial charge in [0.2, 0.25) is 10.0 Å². The van der Waals surface area contributed by atoms with Crippen molar-refractivity contribution in [2.75, 3.05) is 54.4 Å². The van der Waals surface area contributed by atoms with Crippen LogP contribution in [0, 0.1) is 5.41 Å². The van der Waals surface area contributed by atoms with E-state index in [1.165, 1.54) is 25.8 Å². The van der Waals surface area contributed by atoms with Gasteiger partial charge in [0.05, 0.1) is 21.8 Å². The van der Waals surface area contributed by atoms with E-state index in [9.17, 15) is 26.8 Å². The van der Waals surface area contributed by atoms with Crippen molar-refractivity contribution >= 4 is 50.0 Å². The Hall–Kier alpha value is -3.78. The summed E-state index contributed by atoms with van der Waals surface area (Å²) in [6, 6.07) is 8.09. The number of piperidine rings is 2. The highest BCUT2D eigenvalue weighted by Gasteiger charge is 2.44. The molecule has 242 valence electrons. The molecule has 0 radical (unpaired) electrons. The molecule has 14 heteroatoms. The normalized spacial score (nSPS) is 19.1. The second-order valence-corrected chi connectivity index (χ2v) is 14.2. The molecule has 3 aromatic rings. The van der Waals surface area contributed by atoms with Crippen molar-refractivity contribution in [1.82, 2.24) is 14.3 Å². The summed E-state index contributed by atoms with van der Waals surface area (Å²) in [5.41, 5.74) is 2.30. The largest absolute Gasteiger partial charge is 0.464 e. The van der Waals surface area contributed by atoms with Crippen molar-refractivity contribution < 1.29 is 31.5 Å². The Labute approximate surface area is 261 Å². The molecule has 2 N–H and O–H groups in total. The Balaban J connectivity index is 1.29. The summed E-state index contributed by atoms with van der Waals surface area (Å²) < 4.78 is 63.3. The Bertz CT molecular complexity index is 1720. The number of sulfonamides is 1. The second kappa shape index (κ2) is 11.9. The molecule has 45 heavy (non-hydrogen) atoms. The standard InChI is InChI=1S/C31H38F2N6O5S/c1-21(40)44-18-12-34-45(42,43)23-3-4-24(26(20-23)38-14-8-30(6-7-30)9-15-38)36-29(41)25-19-22-5-13-37(2)27(22)28(35-25)39-16-10-31(32,33)11-17-39/h3-5,13,19-20,34H,6-12,14-18H2,1-2H3,(H,36,41). The number of fused-ring (bicyclic) bond motifs is 1. The van der Waals surface area contributed by atoms with E-state index in [4.69, 9.17) is 4.74 Å². The van der Waals surface area contributed by atoms with Crippen molar-refractivity contribution in [3.05, 3.63) is 42.2 Å². The molecule has 0 bridgehead atoms. The number of hydrogen-bond donors (Lipinski definition) is 2. The number of halogens is 2. The highest BCUT2D eigenvalue weighted by Crippen LogP contribution is 2.54. The molecule has 2 aromatic heterocycles. The second-order valence-electron chi connectivity index (χ2n) is 12.4. The van der Waals surface area contributed by atoms with E-state index in [1.54, 1.807) is 23.1 Å². The van der Waals surface area contributed by atoms with Crippen LogP contribution in [0.15, 0.2) is 41.4 Å². The van der Waals surface area contributed by atoms with Gasteiger partial charge in [-0.2, -0.15) is 0 Å². The van der Waals surface area contributed by atoms with Gasteiger partial charge in [-0.05, 0) is 61.4 Å². The van der Waals surface area contributed by atoms with E-state index in [-0.39, 0.29) is 49.7 Å². The van der Waals surface area contributed by atoms with E-state index >= 15 is 0 Å². The molecule has 6 rings (SSSR count). The van der Waals surface area contributed by atoms with E-state index in [1.807, 2.05) is 23.9 Å². The molecule has 3 aliphatic rings. The van der Waals surface area contributed by atoms with Gasteiger partial charge >= 0.3 is 5.97 Å². The zero-order valence-electron chi connectivity index (χ0n) is 25.4. The Morgan fingerprint density at radius 2 is 1.67 bits per heavy atom. The van der Waals surface area contributed by atoms with Gasteiger partial charge in [0, 0.05) is 71.1 Å². The molecule has 3 fully saturated rings. The summed E-state index contributed by atoms with van der Waals surface area (Å²) in [7, 11) is -2.08. The Kier molecular flexibility index (Phi) is 8.23. The molecular formula is C31H38F2N6O5S. The minimum absolute atomic E-state index is 0.0260. The first kappa shape index (κ1) is 31.2. The summed E-state index contributed by atoms with van der Waals surface area (Å²) in [6.07, 6.45) is 5.66. The number of esters is 1. The minimum atomic E-state index is -3.93. The average molecular weight is 645 g/mol. The average Bonchev–Trinajstić information content (AvgIpc) is 3.65. The van der Waals surface area contributed by atoms with Gasteiger partial charge in [0.15, 0.2) is 5.82 Å². The Morgan fingerprint density at radius 1 is 0.978 bits per heavy atom. The number of alkyl halides is 2. The predicted octanol–water partition coefficient (Wildman–Crippen LogP) is 4.28. The third-order valence-electron chi connectivity index (χ3n) is 9.21. The highest BCUT2D eigenvalue weighted by molar-refractivity contribution is 7.89. The zero-order chi connectivity index (χ0) is 32.0. The number of pyridine rings is 1. The van der Waals surface area contributed by atoms with Crippen LogP contribution in [0.3, 0.4) is 0 Å². The molecule has 0 unspecified atom stereocenters. The molecule has 11 nitrogen and oxygen atoms in total. The van der Waals surface area contributed by atoms with Crippen molar-refractivity contribution in [2.45, 2.75) is 56.3 Å². The first-order chi connectivity index (χ1) is 21.3. The fourth-order valence-electron chi connectivity index (χ4n) is 6.27. The first-order valence-corrected chi connectivity index (χ1v) is 16.8. The number of amides is 1. The Morgan fingerprint density at radius 3 is 2.33 bits per heavy atom. The predicted molar refractivity (Wildman–Crippen MR) is 166 cm³/mol. The number of anilines is 3. The summed E-state index contributed by atoms with van der Waals surface area (Å²) in [5.74, 6) is -3.23. The fraction of sp³-hybridized carbons (Fsp3) is 0.516. The van der Waals surface area contributed by atoms with Crippen LogP contribution < -0.4 is 19.8 Å². The SMILES string of the molecule is CC(=O)OCCNS(=O)(=O)c1ccc(NC(=O)c2cc3ccn(C)c3c(N3CCC(F)(F)CC3)n2)c(N2CCC3(CC2)CC3)c1. The van der Waals surface area contributed by atoms with Crippen LogP contribution in [0.4, 0.5) is 26.0 Å². The molecule has 4 heterocycles. The number of ether oxygens (including phenoxy) is 1. The molecular weight excluding hydrogens is 606 g/mol. The fourth-order valence-corrected chi connectivity index (χ4v) is 7.30. The minimum Gasteiger partial charge on any atom is -0.464 e. The van der Waals surface area contributed by atoms with Crippen LogP contribution >= 0.6 is 0 Å². The van der Waals surface area contributed by atoms with E-state index < -0.39 is 27.8 Å². The quantitative estimate of drug-likeness (QED) is 0.261. The highest BCUT2D eigenvalue weighted by atomic mass is 32.2. The maximum Gasteiger partial charge on any atom is 0.302 e. The number of nitrogens with zero attached hydrogens (tertiary/aromatic N) is 4. The molecule has 0 atom stereocenters. The molecule has 2 saturated heterocycles. The lowest BCUT2D eigenvalue weighted by molar-refractivity contribution is -0.140. The van der Waals surface area contributed by atoms with Crippen LogP contribution in [-0.2, 0) is 26.6 Å². The van der Waals surface area contributed by atoms with Gasteiger partial charge in [-0.3, -0.25) is 9.59 Å². The molecule has 2 aliphatic heterocycles. The number of aromatic nitrogens is 2. The number of aryl methyl sites for hydroxylation is 1. The van der Waals surface area contributed by atoms with Crippen molar-refractivity contribution in [2.24, 2.45) is 12.5 Å². The van der Waals surface area contributed by atoms with Crippen LogP contribution in [-0.4, -0.2) is 75.1 Å². The van der Waals surface area contributed by atoms with Crippen molar-refractivity contribution in [3.8, 4) is 0 Å². The van der Waals surface area contributed by atoms with Gasteiger partial charge in [-0.15, -0.1) is 0 Å². The van der Waals surface area contributed by atoms with Crippen LogP contribution in [0.25, 0.3) is 10.9 Å². The van der Waals surface area contributed by atoms with Gasteiger partial charge in [0.25, 0.3) is 11.8 Å². The molecule has 1 saturated carbocycles. The van der Waals surface area contributed by atoms with Crippen molar-refractivity contribution in [1.29, 1.82) is 0 Å². The van der Waals surface area contributed by atoms with Gasteiger partial charge in [-0.25, -0.2) is 26.9 Å². The molecule has 1 amide bonds. The molecule has 1 aliphatic carbocycles. The third-order valence-corrected chi connectivity index (χ3v) is 10.7. The van der Waals surface area contributed by atoms with Gasteiger partial charge < -0.3 is 24.4 Å². The first-order valence-electron chi connectivity index (χ1n) is 15.3. The number of benzene rings is 1. The number of nitrogens with one attached hydrogen (secondary N) is 2. The van der Waals surface area contributed by atoms with Gasteiger partial charge in [-0.1, -0.05) is 0 Å². The number of carbonyl (C=O) groups excluding carboxylic acids is 2. The van der Waals surface area contributed by atoms with Gasteiger partial charge in [0.1, 0.15) is 12.3 Å². The maximum absolute atomic E-state index is 13.9. The monoisotopic (exact) mass is 644 g/mol. The maximum atomic E-state index is 13.9. The van der Waals surface area contributed by atoms with Crippen LogP contribution in [0.2, 0.25) is 0 Å². The van der Waals surface area contributed by atoms with E-state index in [0.29, 0.717) is 22.6 Å². The summed E-state index contributed by atoms with van der Waals surface area (Å²) in [4.78, 5) is 33.4. The number of carbonyl (C=O) groups is 2.